The predicted octanol–water partition coefficient (Wildman–Crippen LogP) is 5.49. The maximum Gasteiger partial charge on any atom is 0.175 e. The van der Waals surface area contributed by atoms with E-state index in [-0.39, 0.29) is 12.4 Å². The van der Waals surface area contributed by atoms with Gasteiger partial charge in [-0.1, -0.05) is 35.3 Å². The van der Waals surface area contributed by atoms with E-state index in [4.69, 9.17) is 35.4 Å². The number of anilines is 2. The molecule has 0 aliphatic rings. The lowest BCUT2D eigenvalue weighted by atomic mass is 10.2. The highest BCUT2D eigenvalue weighted by molar-refractivity contribution is 7.80. The molecule has 2 aromatic carbocycles. The van der Waals surface area contributed by atoms with Crippen LogP contribution in [-0.2, 0) is 6.54 Å². The monoisotopic (exact) mass is 408 g/mol. The molecular weight excluding hydrogens is 394 g/mol. The molecule has 0 unspecified atom stereocenters. The molecule has 0 fully saturated rings. The summed E-state index contributed by atoms with van der Waals surface area (Å²) in [6.45, 7) is 2.13. The van der Waals surface area contributed by atoms with Crippen LogP contribution >= 0.6 is 35.4 Å². The quantitative estimate of drug-likeness (QED) is 0.559. The van der Waals surface area contributed by atoms with Gasteiger partial charge in [-0.15, -0.1) is 0 Å². The SMILES string of the molecule is Cc1c(Cl)cccc1NC(=S)Nc1cnn(Cc2c(F)cccc2Cl)c1. The first-order valence-electron chi connectivity index (χ1n) is 7.72. The zero-order chi connectivity index (χ0) is 18.7. The third-order valence-electron chi connectivity index (χ3n) is 3.79. The molecule has 8 heteroatoms. The molecular formula is C18H15Cl2FN4S. The van der Waals surface area contributed by atoms with Crippen molar-refractivity contribution >= 4 is 51.9 Å². The summed E-state index contributed by atoms with van der Waals surface area (Å²) >= 11 is 17.5. The fourth-order valence-corrected chi connectivity index (χ4v) is 3.01. The van der Waals surface area contributed by atoms with E-state index in [1.807, 2.05) is 25.1 Å². The van der Waals surface area contributed by atoms with E-state index in [9.17, 15) is 4.39 Å². The molecule has 3 rings (SSSR count). The van der Waals surface area contributed by atoms with Crippen LogP contribution in [0.2, 0.25) is 10.0 Å². The molecule has 0 atom stereocenters. The van der Waals surface area contributed by atoms with Crippen LogP contribution in [-0.4, -0.2) is 14.9 Å². The lowest BCUT2D eigenvalue weighted by Gasteiger charge is -2.12. The van der Waals surface area contributed by atoms with E-state index < -0.39 is 0 Å². The van der Waals surface area contributed by atoms with E-state index >= 15 is 0 Å². The lowest BCUT2D eigenvalue weighted by Crippen LogP contribution is -2.19. The van der Waals surface area contributed by atoms with Gasteiger partial charge >= 0.3 is 0 Å². The highest BCUT2D eigenvalue weighted by Crippen LogP contribution is 2.23. The van der Waals surface area contributed by atoms with Gasteiger partial charge < -0.3 is 10.6 Å². The average Bonchev–Trinajstić information content (AvgIpc) is 3.02. The Kier molecular flexibility index (Phi) is 5.76. The van der Waals surface area contributed by atoms with Gasteiger partial charge in [0.15, 0.2) is 5.11 Å². The molecule has 0 amide bonds. The minimum absolute atomic E-state index is 0.223. The van der Waals surface area contributed by atoms with E-state index in [2.05, 4.69) is 15.7 Å². The van der Waals surface area contributed by atoms with Crippen molar-refractivity contribution in [2.75, 3.05) is 10.6 Å². The average molecular weight is 409 g/mol. The van der Waals surface area contributed by atoms with E-state index in [1.165, 1.54) is 6.07 Å². The molecule has 0 bridgehead atoms. The van der Waals surface area contributed by atoms with Gasteiger partial charge in [-0.25, -0.2) is 4.39 Å². The van der Waals surface area contributed by atoms with Gasteiger partial charge in [0.25, 0.3) is 0 Å². The standard InChI is InChI=1S/C18H15Cl2FN4S/c1-11-14(19)4-3-7-17(11)24-18(26)23-12-8-22-25(9-12)10-13-15(20)5-2-6-16(13)21/h2-9H,10H2,1H3,(H2,23,24,26). The largest absolute Gasteiger partial charge is 0.332 e. The summed E-state index contributed by atoms with van der Waals surface area (Å²) in [5, 5.41) is 11.8. The molecule has 0 spiro atoms. The molecule has 3 aromatic rings. The van der Waals surface area contributed by atoms with Crippen LogP contribution in [0.3, 0.4) is 0 Å². The van der Waals surface area contributed by atoms with Crippen molar-refractivity contribution in [3.8, 4) is 0 Å². The second kappa shape index (κ2) is 8.03. The fourth-order valence-electron chi connectivity index (χ4n) is 2.39. The van der Waals surface area contributed by atoms with Gasteiger partial charge in [-0.3, -0.25) is 4.68 Å². The zero-order valence-corrected chi connectivity index (χ0v) is 16.1. The Bertz CT molecular complexity index is 938. The minimum Gasteiger partial charge on any atom is -0.332 e. The van der Waals surface area contributed by atoms with Crippen LogP contribution in [0.4, 0.5) is 15.8 Å². The second-order valence-corrected chi connectivity index (χ2v) is 6.84. The number of halogens is 3. The normalized spacial score (nSPS) is 10.6. The summed E-state index contributed by atoms with van der Waals surface area (Å²) in [5.41, 5.74) is 2.79. The predicted molar refractivity (Wildman–Crippen MR) is 109 cm³/mol. The molecule has 1 heterocycles. The highest BCUT2D eigenvalue weighted by atomic mass is 35.5. The van der Waals surface area contributed by atoms with Crippen LogP contribution < -0.4 is 10.6 Å². The molecule has 0 radical (unpaired) electrons. The Labute approximate surface area is 165 Å². The van der Waals surface area contributed by atoms with E-state index in [0.717, 1.165) is 11.3 Å². The first kappa shape index (κ1) is 18.6. The van der Waals surface area contributed by atoms with Crippen LogP contribution in [0.25, 0.3) is 0 Å². The zero-order valence-electron chi connectivity index (χ0n) is 13.8. The summed E-state index contributed by atoms with van der Waals surface area (Å²) < 4.78 is 15.5. The molecule has 4 nitrogen and oxygen atoms in total. The van der Waals surface area contributed by atoms with Gasteiger partial charge in [0, 0.05) is 27.5 Å². The van der Waals surface area contributed by atoms with Gasteiger partial charge in [0.2, 0.25) is 0 Å². The fraction of sp³-hybridized carbons (Fsp3) is 0.111. The Morgan fingerprint density at radius 1 is 1.15 bits per heavy atom. The smallest absolute Gasteiger partial charge is 0.175 e. The number of hydrogen-bond donors (Lipinski definition) is 2. The molecule has 134 valence electrons. The number of rotatable bonds is 4. The van der Waals surface area contributed by atoms with Crippen LogP contribution in [0.5, 0.6) is 0 Å². The van der Waals surface area contributed by atoms with Crippen molar-refractivity contribution < 1.29 is 4.39 Å². The molecule has 0 aliphatic carbocycles. The van der Waals surface area contributed by atoms with Gasteiger partial charge in [-0.2, -0.15) is 5.10 Å². The van der Waals surface area contributed by atoms with Crippen LogP contribution in [0, 0.1) is 12.7 Å². The first-order chi connectivity index (χ1) is 12.4. The van der Waals surface area contributed by atoms with E-state index in [1.54, 1.807) is 29.2 Å². The molecule has 1 aromatic heterocycles. The Hall–Kier alpha value is -2.15. The molecule has 0 aliphatic heterocycles. The number of hydrogen-bond acceptors (Lipinski definition) is 2. The lowest BCUT2D eigenvalue weighted by molar-refractivity contribution is 0.585. The maximum atomic E-state index is 13.9. The van der Waals surface area contributed by atoms with Crippen molar-refractivity contribution in [2.24, 2.45) is 0 Å². The summed E-state index contributed by atoms with van der Waals surface area (Å²) in [6.07, 6.45) is 3.33. The van der Waals surface area contributed by atoms with Gasteiger partial charge in [0.05, 0.1) is 18.4 Å². The second-order valence-electron chi connectivity index (χ2n) is 5.62. The summed E-state index contributed by atoms with van der Waals surface area (Å²) in [6, 6.07) is 10.1. The Morgan fingerprint density at radius 2 is 1.88 bits per heavy atom. The number of aromatic nitrogens is 2. The molecule has 0 saturated heterocycles. The Morgan fingerprint density at radius 3 is 2.65 bits per heavy atom. The van der Waals surface area contributed by atoms with Crippen molar-refractivity contribution in [3.05, 3.63) is 75.8 Å². The van der Waals surface area contributed by atoms with Crippen molar-refractivity contribution in [1.82, 2.24) is 9.78 Å². The first-order valence-corrected chi connectivity index (χ1v) is 8.89. The molecule has 2 N–H and O–H groups in total. The van der Waals surface area contributed by atoms with E-state index in [0.29, 0.717) is 26.4 Å². The third-order valence-corrected chi connectivity index (χ3v) is 4.76. The van der Waals surface area contributed by atoms with Gasteiger partial charge in [0.1, 0.15) is 5.82 Å². The topological polar surface area (TPSA) is 41.9 Å². The highest BCUT2D eigenvalue weighted by Gasteiger charge is 2.10. The molecule has 26 heavy (non-hydrogen) atoms. The Balaban J connectivity index is 1.67. The number of benzene rings is 2. The van der Waals surface area contributed by atoms with Crippen molar-refractivity contribution in [1.29, 1.82) is 0 Å². The van der Waals surface area contributed by atoms with Gasteiger partial charge in [-0.05, 0) is 49.0 Å². The maximum absolute atomic E-state index is 13.9. The summed E-state index contributed by atoms with van der Waals surface area (Å²) in [4.78, 5) is 0. The molecule has 0 saturated carbocycles. The van der Waals surface area contributed by atoms with Crippen LogP contribution in [0.1, 0.15) is 11.1 Å². The van der Waals surface area contributed by atoms with Crippen molar-refractivity contribution in [2.45, 2.75) is 13.5 Å². The van der Waals surface area contributed by atoms with Crippen LogP contribution in [0.15, 0.2) is 48.8 Å². The number of nitrogens with one attached hydrogen (secondary N) is 2. The number of thiocarbonyl (C=S) groups is 1. The summed E-state index contributed by atoms with van der Waals surface area (Å²) in [7, 11) is 0. The summed E-state index contributed by atoms with van der Waals surface area (Å²) in [5.74, 6) is -0.365. The third kappa shape index (κ3) is 4.33. The minimum atomic E-state index is -0.365. The number of nitrogens with zero attached hydrogens (tertiary/aromatic N) is 2. The van der Waals surface area contributed by atoms with Crippen molar-refractivity contribution in [3.63, 3.8) is 0 Å².